The number of nitrogens with zero attached hydrogens (tertiary/aromatic N) is 2. The van der Waals surface area contributed by atoms with Crippen molar-refractivity contribution in [2.45, 2.75) is 11.7 Å². The monoisotopic (exact) mass is 262 g/mol. The van der Waals surface area contributed by atoms with E-state index in [2.05, 4.69) is 17.6 Å². The number of carbonyl (C=O) groups is 1. The van der Waals surface area contributed by atoms with Crippen molar-refractivity contribution in [1.29, 1.82) is 0 Å². The van der Waals surface area contributed by atoms with E-state index in [1.807, 2.05) is 0 Å². The first-order chi connectivity index (χ1) is 7.09. The summed E-state index contributed by atoms with van der Waals surface area (Å²) in [5, 5.41) is 0.814. The maximum absolute atomic E-state index is 11.6. The van der Waals surface area contributed by atoms with Crippen molar-refractivity contribution in [1.82, 2.24) is 4.98 Å². The Labute approximate surface area is 103 Å². The summed E-state index contributed by atoms with van der Waals surface area (Å²) in [5.41, 5.74) is 0.537. The summed E-state index contributed by atoms with van der Waals surface area (Å²) in [7, 11) is 0. The van der Waals surface area contributed by atoms with E-state index in [1.165, 1.54) is 12.4 Å². The van der Waals surface area contributed by atoms with Crippen LogP contribution in [0.15, 0.2) is 12.4 Å². The Morgan fingerprint density at radius 3 is 2.47 bits per heavy atom. The minimum absolute atomic E-state index is 0.00926. The van der Waals surface area contributed by atoms with Crippen LogP contribution in [-0.4, -0.2) is 22.7 Å². The molecule has 1 atom stereocenters. The minimum atomic E-state index is -0.00926. The number of hydrogen-bond donors (Lipinski definition) is 1. The van der Waals surface area contributed by atoms with Crippen molar-refractivity contribution < 1.29 is 4.79 Å². The highest BCUT2D eigenvalue weighted by Gasteiger charge is 2.30. The number of aromatic nitrogens is 1. The van der Waals surface area contributed by atoms with Crippen LogP contribution in [0.1, 0.15) is 6.42 Å². The lowest BCUT2D eigenvalue weighted by molar-refractivity contribution is -0.117. The van der Waals surface area contributed by atoms with E-state index in [0.717, 1.165) is 0 Å². The lowest BCUT2D eigenvalue weighted by Gasteiger charge is -2.18. The number of hydrogen-bond acceptors (Lipinski definition) is 3. The van der Waals surface area contributed by atoms with Gasteiger partial charge in [0.25, 0.3) is 0 Å². The molecule has 0 spiro atoms. The molecule has 1 aliphatic heterocycles. The van der Waals surface area contributed by atoms with E-state index in [4.69, 9.17) is 23.2 Å². The molecule has 1 aliphatic rings. The van der Waals surface area contributed by atoms with Gasteiger partial charge in [-0.15, -0.1) is 0 Å². The molecule has 1 unspecified atom stereocenters. The molecule has 1 amide bonds. The second kappa shape index (κ2) is 4.20. The zero-order valence-corrected chi connectivity index (χ0v) is 10.1. The molecule has 0 radical (unpaired) electrons. The van der Waals surface area contributed by atoms with Gasteiger partial charge in [0.2, 0.25) is 5.91 Å². The van der Waals surface area contributed by atoms with Crippen LogP contribution in [0.5, 0.6) is 0 Å². The highest BCUT2D eigenvalue weighted by molar-refractivity contribution is 7.81. The Hall–Kier alpha value is -0.450. The van der Waals surface area contributed by atoms with Crippen molar-refractivity contribution in [2.75, 3.05) is 11.4 Å². The zero-order valence-electron chi connectivity index (χ0n) is 7.65. The summed E-state index contributed by atoms with van der Waals surface area (Å²) in [6.45, 7) is 0.533. The first-order valence-corrected chi connectivity index (χ1v) is 5.64. The van der Waals surface area contributed by atoms with Gasteiger partial charge in [-0.3, -0.25) is 9.78 Å². The highest BCUT2D eigenvalue weighted by atomic mass is 35.5. The van der Waals surface area contributed by atoms with Crippen molar-refractivity contribution in [3.05, 3.63) is 22.4 Å². The maximum atomic E-state index is 11.6. The van der Waals surface area contributed by atoms with E-state index < -0.39 is 0 Å². The first-order valence-electron chi connectivity index (χ1n) is 4.37. The molecule has 2 rings (SSSR count). The van der Waals surface area contributed by atoms with E-state index in [-0.39, 0.29) is 11.2 Å². The molecule has 1 fully saturated rings. The molecule has 0 aliphatic carbocycles. The van der Waals surface area contributed by atoms with Crippen LogP contribution in [0.4, 0.5) is 5.69 Å². The molecular weight excluding hydrogens is 255 g/mol. The van der Waals surface area contributed by atoms with Gasteiger partial charge >= 0.3 is 0 Å². The summed E-state index contributed by atoms with van der Waals surface area (Å²) < 4.78 is 0. The Balaban J connectivity index is 2.41. The molecule has 1 aromatic heterocycles. The molecule has 1 saturated heterocycles. The predicted molar refractivity (Wildman–Crippen MR) is 64.0 cm³/mol. The molecule has 0 saturated carbocycles. The van der Waals surface area contributed by atoms with Crippen molar-refractivity contribution in [3.63, 3.8) is 0 Å². The van der Waals surface area contributed by atoms with Gasteiger partial charge in [0.15, 0.2) is 0 Å². The standard InChI is InChI=1S/C9H8Cl2N2OS/c10-6-2-12-3-7(11)9(6)13-4-5(15)1-8(13)14/h2-3,5,15H,1,4H2. The summed E-state index contributed by atoms with van der Waals surface area (Å²) >= 11 is 16.2. The number of thiol groups is 1. The van der Waals surface area contributed by atoms with Crippen molar-refractivity contribution >= 4 is 47.4 Å². The first kappa shape index (κ1) is 11.0. The fourth-order valence-corrected chi connectivity index (χ4v) is 2.46. The van der Waals surface area contributed by atoms with Gasteiger partial charge < -0.3 is 4.90 Å². The SMILES string of the molecule is O=C1CC(S)CN1c1c(Cl)cncc1Cl. The largest absolute Gasteiger partial charge is 0.308 e. The molecule has 15 heavy (non-hydrogen) atoms. The molecular formula is C9H8Cl2N2OS. The smallest absolute Gasteiger partial charge is 0.228 e. The number of rotatable bonds is 1. The normalized spacial score (nSPS) is 21.1. The second-order valence-corrected chi connectivity index (χ2v) is 4.86. The van der Waals surface area contributed by atoms with E-state index in [0.29, 0.717) is 28.7 Å². The van der Waals surface area contributed by atoms with Gasteiger partial charge in [-0.05, 0) is 0 Å². The molecule has 80 valence electrons. The molecule has 0 N–H and O–H groups in total. The Kier molecular flexibility index (Phi) is 3.09. The number of pyridine rings is 1. The van der Waals surface area contributed by atoms with Crippen LogP contribution in [0.25, 0.3) is 0 Å². The topological polar surface area (TPSA) is 33.2 Å². The van der Waals surface area contributed by atoms with Crippen molar-refractivity contribution in [3.8, 4) is 0 Å². The lowest BCUT2D eigenvalue weighted by Crippen LogP contribution is -2.25. The summed E-state index contributed by atoms with van der Waals surface area (Å²) in [6, 6.07) is 0. The third-order valence-corrected chi connectivity index (χ3v) is 3.10. The van der Waals surface area contributed by atoms with Crippen LogP contribution < -0.4 is 4.90 Å². The Morgan fingerprint density at radius 1 is 1.40 bits per heavy atom. The molecule has 0 aromatic carbocycles. The summed E-state index contributed by atoms with van der Waals surface area (Å²) in [4.78, 5) is 17.0. The van der Waals surface area contributed by atoms with E-state index >= 15 is 0 Å². The van der Waals surface area contributed by atoms with Crippen LogP contribution >= 0.6 is 35.8 Å². The van der Waals surface area contributed by atoms with Gasteiger partial charge in [-0.1, -0.05) is 23.2 Å². The fraction of sp³-hybridized carbons (Fsp3) is 0.333. The molecule has 6 heteroatoms. The summed E-state index contributed by atoms with van der Waals surface area (Å²) in [5.74, 6) is -0.00926. The third-order valence-electron chi connectivity index (χ3n) is 2.20. The molecule has 3 nitrogen and oxygen atoms in total. The molecule has 2 heterocycles. The van der Waals surface area contributed by atoms with E-state index in [1.54, 1.807) is 4.90 Å². The van der Waals surface area contributed by atoms with Crippen LogP contribution in [0, 0.1) is 0 Å². The Morgan fingerprint density at radius 2 is 2.00 bits per heavy atom. The van der Waals surface area contributed by atoms with Gasteiger partial charge in [-0.2, -0.15) is 12.6 Å². The number of anilines is 1. The quantitative estimate of drug-likeness (QED) is 0.789. The average Bonchev–Trinajstić information content (AvgIpc) is 2.45. The van der Waals surface area contributed by atoms with E-state index in [9.17, 15) is 4.79 Å². The third kappa shape index (κ3) is 2.07. The van der Waals surface area contributed by atoms with Crippen LogP contribution in [-0.2, 0) is 4.79 Å². The number of halogens is 2. The lowest BCUT2D eigenvalue weighted by atomic mass is 10.3. The van der Waals surface area contributed by atoms with Gasteiger partial charge in [0.05, 0.1) is 15.7 Å². The van der Waals surface area contributed by atoms with Crippen LogP contribution in [0.2, 0.25) is 10.0 Å². The minimum Gasteiger partial charge on any atom is -0.308 e. The van der Waals surface area contributed by atoms with Gasteiger partial charge in [-0.25, -0.2) is 0 Å². The predicted octanol–water partition coefficient (Wildman–Crippen LogP) is 2.42. The zero-order chi connectivity index (χ0) is 11.0. The van der Waals surface area contributed by atoms with Crippen LogP contribution in [0.3, 0.4) is 0 Å². The second-order valence-electron chi connectivity index (χ2n) is 3.31. The highest BCUT2D eigenvalue weighted by Crippen LogP contribution is 2.35. The summed E-state index contributed by atoms with van der Waals surface area (Å²) in [6.07, 6.45) is 3.36. The number of amides is 1. The average molecular weight is 263 g/mol. The molecule has 0 bridgehead atoms. The maximum Gasteiger partial charge on any atom is 0.228 e. The van der Waals surface area contributed by atoms with Crippen molar-refractivity contribution in [2.24, 2.45) is 0 Å². The fourth-order valence-electron chi connectivity index (χ4n) is 1.57. The van der Waals surface area contributed by atoms with Gasteiger partial charge in [0, 0.05) is 30.6 Å². The Bertz CT molecular complexity index is 393. The van der Waals surface area contributed by atoms with Gasteiger partial charge in [0.1, 0.15) is 0 Å². The molecule has 1 aromatic rings. The number of carbonyl (C=O) groups excluding carboxylic acids is 1.